The molecule has 114 valence electrons. The first-order valence-electron chi connectivity index (χ1n) is 6.82. The normalized spacial score (nSPS) is 21.6. The highest BCUT2D eigenvalue weighted by atomic mass is 16.6. The Bertz CT molecular complexity index is 538. The predicted molar refractivity (Wildman–Crippen MR) is 76.3 cm³/mol. The standard InChI is InChI=1S/C14H18N2O5/c1-21-14(18)12-8-10(16(19)20)4-7-13(12)15-9-2-5-11(17)6-3-9/h4,7-9,11,15,17H,2-3,5-6H2,1H3. The van der Waals surface area contributed by atoms with Crippen molar-refractivity contribution in [3.63, 3.8) is 0 Å². The van der Waals surface area contributed by atoms with Crippen molar-refractivity contribution in [2.45, 2.75) is 37.8 Å². The van der Waals surface area contributed by atoms with Crippen LogP contribution in [-0.2, 0) is 4.74 Å². The minimum Gasteiger partial charge on any atom is -0.465 e. The van der Waals surface area contributed by atoms with Crippen LogP contribution in [0.4, 0.5) is 11.4 Å². The number of nitro groups is 1. The number of non-ortho nitro benzene ring substituents is 1. The second kappa shape index (κ2) is 6.53. The summed E-state index contributed by atoms with van der Waals surface area (Å²) in [5.74, 6) is -0.614. The maximum absolute atomic E-state index is 11.8. The molecule has 1 aromatic carbocycles. The van der Waals surface area contributed by atoms with Crippen LogP contribution in [0.3, 0.4) is 0 Å². The fraction of sp³-hybridized carbons (Fsp3) is 0.500. The summed E-state index contributed by atoms with van der Waals surface area (Å²) in [7, 11) is 1.24. The lowest BCUT2D eigenvalue weighted by Gasteiger charge is -2.27. The number of benzene rings is 1. The van der Waals surface area contributed by atoms with Crippen LogP contribution in [0.5, 0.6) is 0 Å². The summed E-state index contributed by atoms with van der Waals surface area (Å²) >= 11 is 0. The van der Waals surface area contributed by atoms with E-state index in [0.29, 0.717) is 18.5 Å². The first-order chi connectivity index (χ1) is 10.0. The highest BCUT2D eigenvalue weighted by Gasteiger charge is 2.22. The second-order valence-electron chi connectivity index (χ2n) is 5.13. The van der Waals surface area contributed by atoms with Gasteiger partial charge in [-0.25, -0.2) is 4.79 Å². The van der Waals surface area contributed by atoms with Gasteiger partial charge in [-0.05, 0) is 31.7 Å². The SMILES string of the molecule is COC(=O)c1cc([N+](=O)[O-])ccc1NC1CCC(O)CC1. The molecular formula is C14H18N2O5. The number of carbonyl (C=O) groups excluding carboxylic acids is 1. The van der Waals surface area contributed by atoms with Crippen molar-refractivity contribution in [3.05, 3.63) is 33.9 Å². The topological polar surface area (TPSA) is 102 Å². The predicted octanol–water partition coefficient (Wildman–Crippen LogP) is 2.10. The molecule has 1 aliphatic rings. The Balaban J connectivity index is 2.21. The third-order valence-electron chi connectivity index (χ3n) is 3.68. The number of hydrogen-bond acceptors (Lipinski definition) is 6. The van der Waals surface area contributed by atoms with Crippen LogP contribution < -0.4 is 5.32 Å². The van der Waals surface area contributed by atoms with E-state index >= 15 is 0 Å². The minimum absolute atomic E-state index is 0.137. The van der Waals surface area contributed by atoms with E-state index in [2.05, 4.69) is 10.1 Å². The number of aliphatic hydroxyl groups is 1. The number of esters is 1. The Labute approximate surface area is 122 Å². The van der Waals surface area contributed by atoms with Gasteiger partial charge in [-0.3, -0.25) is 10.1 Å². The van der Waals surface area contributed by atoms with Crippen LogP contribution >= 0.6 is 0 Å². The molecule has 21 heavy (non-hydrogen) atoms. The zero-order valence-electron chi connectivity index (χ0n) is 11.7. The molecule has 2 N–H and O–H groups in total. The molecule has 0 unspecified atom stereocenters. The molecule has 2 rings (SSSR count). The van der Waals surface area contributed by atoms with E-state index in [-0.39, 0.29) is 23.4 Å². The van der Waals surface area contributed by atoms with Gasteiger partial charge in [0.25, 0.3) is 5.69 Å². The van der Waals surface area contributed by atoms with Gasteiger partial charge in [-0.15, -0.1) is 0 Å². The van der Waals surface area contributed by atoms with Gasteiger partial charge in [0.1, 0.15) is 0 Å². The number of methoxy groups -OCH3 is 1. The zero-order chi connectivity index (χ0) is 15.4. The molecule has 0 saturated heterocycles. The van der Waals surface area contributed by atoms with Crippen LogP contribution in [0.15, 0.2) is 18.2 Å². The van der Waals surface area contributed by atoms with Crippen molar-refractivity contribution in [1.82, 2.24) is 0 Å². The van der Waals surface area contributed by atoms with E-state index < -0.39 is 10.9 Å². The summed E-state index contributed by atoms with van der Waals surface area (Å²) in [6, 6.07) is 4.23. The third kappa shape index (κ3) is 3.69. The van der Waals surface area contributed by atoms with Crippen molar-refractivity contribution in [2.24, 2.45) is 0 Å². The first kappa shape index (κ1) is 15.2. The number of carbonyl (C=O) groups is 1. The monoisotopic (exact) mass is 294 g/mol. The zero-order valence-corrected chi connectivity index (χ0v) is 11.7. The molecule has 1 aliphatic carbocycles. The Morgan fingerprint density at radius 1 is 1.38 bits per heavy atom. The van der Waals surface area contributed by atoms with E-state index in [4.69, 9.17) is 0 Å². The lowest BCUT2D eigenvalue weighted by Crippen LogP contribution is -2.28. The molecule has 0 aliphatic heterocycles. The van der Waals surface area contributed by atoms with Gasteiger partial charge in [0, 0.05) is 23.9 Å². The number of hydrogen-bond donors (Lipinski definition) is 2. The highest BCUT2D eigenvalue weighted by Crippen LogP contribution is 2.27. The summed E-state index contributed by atoms with van der Waals surface area (Å²) in [6.07, 6.45) is 2.73. The van der Waals surface area contributed by atoms with Crippen LogP contribution in [0.2, 0.25) is 0 Å². The molecule has 7 nitrogen and oxygen atoms in total. The minimum atomic E-state index is -0.614. The van der Waals surface area contributed by atoms with Gasteiger partial charge in [0.15, 0.2) is 0 Å². The summed E-state index contributed by atoms with van der Waals surface area (Å²) in [6.45, 7) is 0. The van der Waals surface area contributed by atoms with Crippen molar-refractivity contribution < 1.29 is 19.6 Å². The summed E-state index contributed by atoms with van der Waals surface area (Å²) in [5, 5.41) is 23.5. The van der Waals surface area contributed by atoms with Crippen LogP contribution in [-0.4, -0.2) is 35.3 Å². The number of nitrogens with zero attached hydrogens (tertiary/aromatic N) is 1. The Morgan fingerprint density at radius 3 is 2.62 bits per heavy atom. The van der Waals surface area contributed by atoms with Gasteiger partial charge in [-0.2, -0.15) is 0 Å². The molecule has 0 aromatic heterocycles. The molecule has 1 saturated carbocycles. The largest absolute Gasteiger partial charge is 0.465 e. The molecule has 1 fully saturated rings. The average molecular weight is 294 g/mol. The Kier molecular flexibility index (Phi) is 4.74. The highest BCUT2D eigenvalue weighted by molar-refractivity contribution is 5.96. The van der Waals surface area contributed by atoms with Gasteiger partial charge >= 0.3 is 5.97 Å². The van der Waals surface area contributed by atoms with Crippen molar-refractivity contribution in [1.29, 1.82) is 0 Å². The van der Waals surface area contributed by atoms with Crippen LogP contribution in [0.1, 0.15) is 36.0 Å². The summed E-state index contributed by atoms with van der Waals surface area (Å²) < 4.78 is 4.68. The van der Waals surface area contributed by atoms with Gasteiger partial charge in [0.05, 0.1) is 23.7 Å². The summed E-state index contributed by atoms with van der Waals surface area (Å²) in [4.78, 5) is 22.0. The Morgan fingerprint density at radius 2 is 2.05 bits per heavy atom. The molecule has 0 radical (unpaired) electrons. The molecular weight excluding hydrogens is 276 g/mol. The van der Waals surface area contributed by atoms with Crippen molar-refractivity contribution in [3.8, 4) is 0 Å². The molecule has 0 spiro atoms. The third-order valence-corrected chi connectivity index (χ3v) is 3.68. The maximum atomic E-state index is 11.8. The van der Waals surface area contributed by atoms with Gasteiger partial charge < -0.3 is 15.2 Å². The molecule has 1 aromatic rings. The molecule has 0 bridgehead atoms. The molecule has 0 atom stereocenters. The fourth-order valence-electron chi connectivity index (χ4n) is 2.49. The van der Waals surface area contributed by atoms with E-state index in [1.54, 1.807) is 0 Å². The Hall–Kier alpha value is -2.15. The molecule has 0 heterocycles. The van der Waals surface area contributed by atoms with E-state index in [9.17, 15) is 20.0 Å². The number of aliphatic hydroxyl groups excluding tert-OH is 1. The lowest BCUT2D eigenvalue weighted by atomic mass is 9.92. The van der Waals surface area contributed by atoms with Crippen LogP contribution in [0, 0.1) is 10.1 Å². The van der Waals surface area contributed by atoms with Gasteiger partial charge in [0.2, 0.25) is 0 Å². The average Bonchev–Trinajstić information content (AvgIpc) is 2.49. The number of ether oxygens (including phenoxy) is 1. The van der Waals surface area contributed by atoms with Crippen molar-refractivity contribution in [2.75, 3.05) is 12.4 Å². The number of rotatable bonds is 4. The van der Waals surface area contributed by atoms with Crippen molar-refractivity contribution >= 4 is 17.3 Å². The van der Waals surface area contributed by atoms with Gasteiger partial charge in [-0.1, -0.05) is 0 Å². The van der Waals surface area contributed by atoms with E-state index in [1.165, 1.54) is 25.3 Å². The first-order valence-corrected chi connectivity index (χ1v) is 6.82. The fourth-order valence-corrected chi connectivity index (χ4v) is 2.49. The lowest BCUT2D eigenvalue weighted by molar-refractivity contribution is -0.384. The summed E-state index contributed by atoms with van der Waals surface area (Å²) in [5.41, 5.74) is 0.520. The number of nitrogens with one attached hydrogen (secondary N) is 1. The molecule has 0 amide bonds. The second-order valence-corrected chi connectivity index (χ2v) is 5.13. The quantitative estimate of drug-likeness (QED) is 0.501. The number of anilines is 1. The van der Waals surface area contributed by atoms with Crippen LogP contribution in [0.25, 0.3) is 0 Å². The number of nitro benzene ring substituents is 1. The molecule has 7 heteroatoms. The van der Waals surface area contributed by atoms with E-state index in [0.717, 1.165) is 12.8 Å². The smallest absolute Gasteiger partial charge is 0.340 e. The van der Waals surface area contributed by atoms with E-state index in [1.807, 2.05) is 0 Å². The maximum Gasteiger partial charge on any atom is 0.340 e.